The Kier molecular flexibility index (Phi) is 13.4. The SMILES string of the molecule is N=C(N)c1cccc(C[C@](CCC(=O)O)(NS(=O)(=O)Cc2ccccc2)C(=O)NCC(=O)N[C@H](C=O)CCCN=C(N)N)c1. The molecular formula is C28H38N8O7S. The van der Waals surface area contributed by atoms with Gasteiger partial charge in [-0.25, -0.2) is 8.42 Å². The summed E-state index contributed by atoms with van der Waals surface area (Å²) in [7, 11) is -4.26. The number of amidine groups is 1. The van der Waals surface area contributed by atoms with Gasteiger partial charge in [-0.3, -0.25) is 24.8 Å². The number of nitrogens with two attached hydrogens (primary N) is 3. The number of sulfonamides is 1. The maximum Gasteiger partial charge on any atom is 0.303 e. The van der Waals surface area contributed by atoms with E-state index in [2.05, 4.69) is 20.3 Å². The van der Waals surface area contributed by atoms with Crippen LogP contribution in [-0.2, 0) is 41.4 Å². The van der Waals surface area contributed by atoms with E-state index in [-0.39, 0.29) is 31.2 Å². The lowest BCUT2D eigenvalue weighted by Crippen LogP contribution is -2.61. The number of aliphatic carboxylic acids is 1. The van der Waals surface area contributed by atoms with Crippen LogP contribution in [0.3, 0.4) is 0 Å². The van der Waals surface area contributed by atoms with Crippen molar-refractivity contribution < 1.29 is 32.7 Å². The van der Waals surface area contributed by atoms with Crippen LogP contribution in [-0.4, -0.2) is 74.1 Å². The van der Waals surface area contributed by atoms with Crippen LogP contribution in [0, 0.1) is 5.41 Å². The van der Waals surface area contributed by atoms with Gasteiger partial charge in [0, 0.05) is 24.9 Å². The molecule has 0 spiro atoms. The van der Waals surface area contributed by atoms with Crippen molar-refractivity contribution in [2.75, 3.05) is 13.1 Å². The minimum atomic E-state index is -4.26. The van der Waals surface area contributed by atoms with Gasteiger partial charge in [-0.05, 0) is 36.5 Å². The smallest absolute Gasteiger partial charge is 0.303 e. The lowest BCUT2D eigenvalue weighted by molar-refractivity contribution is -0.138. The van der Waals surface area contributed by atoms with Crippen LogP contribution in [0.15, 0.2) is 59.6 Å². The predicted molar refractivity (Wildman–Crippen MR) is 164 cm³/mol. The Morgan fingerprint density at radius 2 is 1.73 bits per heavy atom. The van der Waals surface area contributed by atoms with E-state index < -0.39 is 64.5 Å². The molecule has 16 heteroatoms. The Morgan fingerprint density at radius 3 is 2.34 bits per heavy atom. The second-order valence-corrected chi connectivity index (χ2v) is 11.8. The molecule has 2 atom stereocenters. The number of aliphatic imine (C=N–C) groups is 1. The average Bonchev–Trinajstić information content (AvgIpc) is 2.96. The Hall–Kier alpha value is -4.83. The van der Waals surface area contributed by atoms with E-state index in [1.165, 1.54) is 6.07 Å². The van der Waals surface area contributed by atoms with Crippen molar-refractivity contribution in [2.45, 2.75) is 49.4 Å². The van der Waals surface area contributed by atoms with Gasteiger partial charge in [0.2, 0.25) is 21.8 Å². The van der Waals surface area contributed by atoms with Gasteiger partial charge in [0.1, 0.15) is 17.7 Å². The first-order valence-electron chi connectivity index (χ1n) is 13.5. The summed E-state index contributed by atoms with van der Waals surface area (Å²) in [6.07, 6.45) is -0.279. The molecule has 0 unspecified atom stereocenters. The summed E-state index contributed by atoms with van der Waals surface area (Å²) in [5, 5.41) is 22.1. The molecule has 0 saturated heterocycles. The highest BCUT2D eigenvalue weighted by molar-refractivity contribution is 7.88. The Morgan fingerprint density at radius 1 is 1.05 bits per heavy atom. The maximum atomic E-state index is 13.8. The highest BCUT2D eigenvalue weighted by Crippen LogP contribution is 2.24. The van der Waals surface area contributed by atoms with Gasteiger partial charge in [0.05, 0.1) is 18.3 Å². The van der Waals surface area contributed by atoms with Crippen molar-refractivity contribution >= 4 is 45.9 Å². The maximum absolute atomic E-state index is 13.8. The second kappa shape index (κ2) is 16.7. The molecule has 2 rings (SSSR count). The third kappa shape index (κ3) is 12.2. The van der Waals surface area contributed by atoms with Crippen LogP contribution in [0.2, 0.25) is 0 Å². The topological polar surface area (TPSA) is 273 Å². The molecule has 0 aromatic heterocycles. The molecule has 238 valence electrons. The van der Waals surface area contributed by atoms with Gasteiger partial charge >= 0.3 is 5.97 Å². The summed E-state index contributed by atoms with van der Waals surface area (Å²) in [4.78, 5) is 53.3. The average molecular weight is 631 g/mol. The molecule has 0 aliphatic heterocycles. The number of carboxylic acid groups (broad SMARTS) is 1. The fraction of sp³-hybridized carbons (Fsp3) is 0.357. The second-order valence-electron chi connectivity index (χ2n) is 10.1. The monoisotopic (exact) mass is 630 g/mol. The van der Waals surface area contributed by atoms with E-state index in [1.807, 2.05) is 0 Å². The van der Waals surface area contributed by atoms with E-state index >= 15 is 0 Å². The number of carboxylic acids is 1. The number of amides is 2. The third-order valence-electron chi connectivity index (χ3n) is 6.38. The summed E-state index contributed by atoms with van der Waals surface area (Å²) in [5.74, 6) is -3.88. The molecule has 0 heterocycles. The molecule has 0 saturated carbocycles. The third-order valence-corrected chi connectivity index (χ3v) is 7.80. The molecule has 2 amide bonds. The van der Waals surface area contributed by atoms with E-state index in [0.717, 1.165) is 0 Å². The first-order chi connectivity index (χ1) is 20.7. The van der Waals surface area contributed by atoms with Crippen LogP contribution >= 0.6 is 0 Å². The molecular weight excluding hydrogens is 592 g/mol. The van der Waals surface area contributed by atoms with E-state index in [9.17, 15) is 32.7 Å². The number of benzene rings is 2. The Balaban J connectivity index is 2.36. The van der Waals surface area contributed by atoms with Gasteiger partial charge in [0.25, 0.3) is 0 Å². The van der Waals surface area contributed by atoms with E-state index in [1.54, 1.807) is 48.5 Å². The number of rotatable bonds is 19. The van der Waals surface area contributed by atoms with Gasteiger partial charge in [0.15, 0.2) is 5.96 Å². The summed E-state index contributed by atoms with van der Waals surface area (Å²) in [5.41, 5.74) is 15.2. The molecule has 0 radical (unpaired) electrons. The van der Waals surface area contributed by atoms with Gasteiger partial charge < -0.3 is 37.7 Å². The summed E-state index contributed by atoms with van der Waals surface area (Å²) < 4.78 is 29.2. The lowest BCUT2D eigenvalue weighted by Gasteiger charge is -2.33. The first-order valence-corrected chi connectivity index (χ1v) is 15.2. The molecule has 15 nitrogen and oxygen atoms in total. The van der Waals surface area contributed by atoms with Crippen molar-refractivity contribution in [3.63, 3.8) is 0 Å². The standard InChI is InChI=1S/C28H38N8O7S/c29-25(30)21-9-4-8-20(14-21)15-28(12-11-24(39)40,36-44(42,43)18-19-6-2-1-3-7-19)26(41)34-16-23(38)35-22(17-37)10-5-13-33-27(31)32/h1-4,6-9,14,17,22,36H,5,10-13,15-16,18H2,(H3,29,30)(H,34,41)(H,35,38)(H,39,40)(H4,31,32,33)/t22-,28-/m0/s1. The zero-order valence-corrected chi connectivity index (χ0v) is 24.8. The molecule has 2 aromatic rings. The fourth-order valence-corrected chi connectivity index (χ4v) is 5.91. The molecule has 44 heavy (non-hydrogen) atoms. The first kappa shape index (κ1) is 35.4. The van der Waals surface area contributed by atoms with Crippen LogP contribution in [0.1, 0.15) is 42.4 Å². The predicted octanol–water partition coefficient (Wildman–Crippen LogP) is -0.910. The molecule has 0 fully saturated rings. The van der Waals surface area contributed by atoms with Gasteiger partial charge in [-0.15, -0.1) is 0 Å². The zero-order chi connectivity index (χ0) is 32.8. The Labute approximate surface area is 255 Å². The lowest BCUT2D eigenvalue weighted by atomic mass is 9.85. The molecule has 0 aliphatic rings. The molecule has 11 N–H and O–H groups in total. The van der Waals surface area contributed by atoms with Crippen molar-refractivity contribution in [2.24, 2.45) is 22.2 Å². The van der Waals surface area contributed by atoms with Crippen molar-refractivity contribution in [3.8, 4) is 0 Å². The highest BCUT2D eigenvalue weighted by Gasteiger charge is 2.42. The number of nitrogens with zero attached hydrogens (tertiary/aromatic N) is 1. The minimum absolute atomic E-state index is 0.113. The quantitative estimate of drug-likeness (QED) is 0.0409. The number of carbonyl (C=O) groups is 4. The number of guanidine groups is 1. The van der Waals surface area contributed by atoms with Crippen LogP contribution in [0.4, 0.5) is 0 Å². The van der Waals surface area contributed by atoms with Crippen LogP contribution in [0.5, 0.6) is 0 Å². The van der Waals surface area contributed by atoms with Crippen molar-refractivity contribution in [1.29, 1.82) is 5.41 Å². The summed E-state index contributed by atoms with van der Waals surface area (Å²) >= 11 is 0. The number of hydrogen-bond donors (Lipinski definition) is 8. The Bertz CT molecular complexity index is 1460. The van der Waals surface area contributed by atoms with E-state index in [4.69, 9.17) is 22.6 Å². The largest absolute Gasteiger partial charge is 0.481 e. The zero-order valence-electron chi connectivity index (χ0n) is 24.0. The fourth-order valence-electron chi connectivity index (χ4n) is 4.34. The number of hydrogen-bond acceptors (Lipinski definition) is 8. The van der Waals surface area contributed by atoms with Crippen LogP contribution < -0.4 is 32.6 Å². The van der Waals surface area contributed by atoms with Crippen molar-refractivity contribution in [1.82, 2.24) is 15.4 Å². The highest BCUT2D eigenvalue weighted by atomic mass is 32.2. The van der Waals surface area contributed by atoms with Gasteiger partial charge in [-0.2, -0.15) is 4.72 Å². The number of nitrogen functional groups attached to an aromatic ring is 1. The van der Waals surface area contributed by atoms with Crippen LogP contribution in [0.25, 0.3) is 0 Å². The molecule has 2 aromatic carbocycles. The minimum Gasteiger partial charge on any atom is -0.481 e. The summed E-state index contributed by atoms with van der Waals surface area (Å²) in [6, 6.07) is 13.4. The van der Waals surface area contributed by atoms with E-state index in [0.29, 0.717) is 29.4 Å². The van der Waals surface area contributed by atoms with Crippen molar-refractivity contribution in [3.05, 3.63) is 71.3 Å². The number of carbonyl (C=O) groups excluding carboxylic acids is 3. The normalized spacial score (nSPS) is 13.1. The number of nitrogens with one attached hydrogen (secondary N) is 4. The van der Waals surface area contributed by atoms with Gasteiger partial charge in [-0.1, -0.05) is 48.5 Å². The summed E-state index contributed by atoms with van der Waals surface area (Å²) in [6.45, 7) is -0.404. The molecule has 0 aliphatic carbocycles. The number of aldehydes is 1. The molecule has 0 bridgehead atoms.